The standard InChI is InChI=1S/C16H31N3O2/c1-12-10-14(11-18(12)5)17-13-6-8-19(9-7-13)15(20)21-16(2,3)4/h12-14,17H,6-11H2,1-5H3. The Kier molecular flexibility index (Phi) is 5.15. The summed E-state index contributed by atoms with van der Waals surface area (Å²) in [6, 6.07) is 1.81. The van der Waals surface area contributed by atoms with Crippen LogP contribution in [-0.2, 0) is 4.74 Å². The summed E-state index contributed by atoms with van der Waals surface area (Å²) in [7, 11) is 2.19. The Morgan fingerprint density at radius 2 is 1.81 bits per heavy atom. The zero-order valence-corrected chi connectivity index (χ0v) is 14.2. The average Bonchev–Trinajstić information content (AvgIpc) is 2.67. The minimum absolute atomic E-state index is 0.171. The van der Waals surface area contributed by atoms with Crippen LogP contribution in [0.25, 0.3) is 0 Å². The number of piperidine rings is 1. The van der Waals surface area contributed by atoms with Gasteiger partial charge in [-0.25, -0.2) is 4.79 Å². The molecule has 0 radical (unpaired) electrons. The van der Waals surface area contributed by atoms with Crippen LogP contribution in [0.2, 0.25) is 0 Å². The number of nitrogens with one attached hydrogen (secondary N) is 1. The number of amides is 1. The molecular formula is C16H31N3O2. The van der Waals surface area contributed by atoms with E-state index in [1.54, 1.807) is 0 Å². The summed E-state index contributed by atoms with van der Waals surface area (Å²) < 4.78 is 5.43. The topological polar surface area (TPSA) is 44.8 Å². The van der Waals surface area contributed by atoms with Crippen LogP contribution in [0.1, 0.15) is 47.0 Å². The maximum atomic E-state index is 12.0. The average molecular weight is 297 g/mol. The third kappa shape index (κ3) is 4.85. The van der Waals surface area contributed by atoms with Gasteiger partial charge in [0, 0.05) is 37.8 Å². The summed E-state index contributed by atoms with van der Waals surface area (Å²) in [5.74, 6) is 0. The monoisotopic (exact) mass is 297 g/mol. The smallest absolute Gasteiger partial charge is 0.410 e. The van der Waals surface area contributed by atoms with Crippen molar-refractivity contribution in [1.82, 2.24) is 15.1 Å². The normalized spacial score (nSPS) is 28.9. The molecule has 2 rings (SSSR count). The van der Waals surface area contributed by atoms with Crippen LogP contribution in [0, 0.1) is 0 Å². The third-order valence-electron chi connectivity index (χ3n) is 4.50. The fourth-order valence-electron chi connectivity index (χ4n) is 3.20. The Balaban J connectivity index is 1.72. The number of likely N-dealkylation sites (N-methyl/N-ethyl adjacent to an activating group) is 1. The number of carbonyl (C=O) groups excluding carboxylic acids is 1. The first-order chi connectivity index (χ1) is 9.74. The van der Waals surface area contributed by atoms with E-state index in [-0.39, 0.29) is 6.09 Å². The van der Waals surface area contributed by atoms with E-state index in [0.717, 1.165) is 32.5 Å². The predicted octanol–water partition coefficient (Wildman–Crippen LogP) is 2.07. The van der Waals surface area contributed by atoms with Crippen molar-refractivity contribution in [3.63, 3.8) is 0 Å². The molecular weight excluding hydrogens is 266 g/mol. The second kappa shape index (κ2) is 6.53. The molecule has 0 aromatic rings. The van der Waals surface area contributed by atoms with Gasteiger partial charge in [0.05, 0.1) is 0 Å². The van der Waals surface area contributed by atoms with E-state index in [1.807, 2.05) is 25.7 Å². The zero-order chi connectivity index (χ0) is 15.6. The molecule has 2 unspecified atom stereocenters. The molecule has 1 amide bonds. The van der Waals surface area contributed by atoms with Gasteiger partial charge in [-0.3, -0.25) is 0 Å². The van der Waals surface area contributed by atoms with Crippen LogP contribution in [0.5, 0.6) is 0 Å². The van der Waals surface area contributed by atoms with E-state index in [4.69, 9.17) is 4.74 Å². The van der Waals surface area contributed by atoms with E-state index in [0.29, 0.717) is 18.1 Å². The summed E-state index contributed by atoms with van der Waals surface area (Å²) in [5, 5.41) is 3.77. The first-order valence-electron chi connectivity index (χ1n) is 8.19. The van der Waals surface area contributed by atoms with Crippen LogP contribution >= 0.6 is 0 Å². The summed E-state index contributed by atoms with van der Waals surface area (Å²) in [4.78, 5) is 16.3. The molecule has 2 aliphatic rings. The molecule has 0 saturated carbocycles. The largest absolute Gasteiger partial charge is 0.444 e. The number of carbonyl (C=O) groups is 1. The van der Waals surface area contributed by atoms with E-state index < -0.39 is 5.60 Å². The third-order valence-corrected chi connectivity index (χ3v) is 4.50. The molecule has 0 aliphatic carbocycles. The number of ether oxygens (including phenoxy) is 1. The Labute approximate surface area is 129 Å². The van der Waals surface area contributed by atoms with Gasteiger partial charge in [0.25, 0.3) is 0 Å². The van der Waals surface area contributed by atoms with Gasteiger partial charge in [-0.05, 0) is 54.0 Å². The number of hydrogen-bond acceptors (Lipinski definition) is 4. The van der Waals surface area contributed by atoms with E-state index >= 15 is 0 Å². The second-order valence-electron chi connectivity index (χ2n) is 7.63. The van der Waals surface area contributed by atoms with Crippen molar-refractivity contribution in [3.8, 4) is 0 Å². The van der Waals surface area contributed by atoms with Crippen LogP contribution in [0.3, 0.4) is 0 Å². The van der Waals surface area contributed by atoms with Crippen molar-refractivity contribution in [1.29, 1.82) is 0 Å². The molecule has 21 heavy (non-hydrogen) atoms. The highest BCUT2D eigenvalue weighted by Crippen LogP contribution is 2.19. The Morgan fingerprint density at radius 1 is 1.19 bits per heavy atom. The van der Waals surface area contributed by atoms with Crippen LogP contribution < -0.4 is 5.32 Å². The van der Waals surface area contributed by atoms with Crippen molar-refractivity contribution in [2.75, 3.05) is 26.7 Å². The molecule has 2 saturated heterocycles. The maximum Gasteiger partial charge on any atom is 0.410 e. The highest BCUT2D eigenvalue weighted by molar-refractivity contribution is 5.68. The zero-order valence-electron chi connectivity index (χ0n) is 14.2. The van der Waals surface area contributed by atoms with Crippen LogP contribution in [-0.4, -0.2) is 66.3 Å². The summed E-state index contributed by atoms with van der Waals surface area (Å²) >= 11 is 0. The number of hydrogen-bond donors (Lipinski definition) is 1. The van der Waals surface area contributed by atoms with Gasteiger partial charge < -0.3 is 19.9 Å². The molecule has 0 bridgehead atoms. The van der Waals surface area contributed by atoms with E-state index in [1.165, 1.54) is 6.42 Å². The Morgan fingerprint density at radius 3 is 2.29 bits per heavy atom. The predicted molar refractivity (Wildman–Crippen MR) is 84.5 cm³/mol. The molecule has 1 N–H and O–H groups in total. The van der Waals surface area contributed by atoms with Gasteiger partial charge in [0.1, 0.15) is 5.60 Å². The van der Waals surface area contributed by atoms with Gasteiger partial charge in [0.15, 0.2) is 0 Å². The molecule has 2 atom stereocenters. The fraction of sp³-hybridized carbons (Fsp3) is 0.938. The lowest BCUT2D eigenvalue weighted by Gasteiger charge is -2.34. The second-order valence-corrected chi connectivity index (χ2v) is 7.63. The highest BCUT2D eigenvalue weighted by atomic mass is 16.6. The van der Waals surface area contributed by atoms with Crippen molar-refractivity contribution in [2.45, 2.75) is 70.7 Å². The number of rotatable bonds is 2. The fourth-order valence-corrected chi connectivity index (χ4v) is 3.20. The van der Waals surface area contributed by atoms with Gasteiger partial charge >= 0.3 is 6.09 Å². The van der Waals surface area contributed by atoms with E-state index in [9.17, 15) is 4.79 Å². The number of likely N-dealkylation sites (tertiary alicyclic amines) is 2. The maximum absolute atomic E-state index is 12.0. The molecule has 0 spiro atoms. The lowest BCUT2D eigenvalue weighted by atomic mass is 10.0. The highest BCUT2D eigenvalue weighted by Gasteiger charge is 2.31. The van der Waals surface area contributed by atoms with Gasteiger partial charge in [0.2, 0.25) is 0 Å². The summed E-state index contributed by atoms with van der Waals surface area (Å²) in [5.41, 5.74) is -0.406. The molecule has 2 heterocycles. The lowest BCUT2D eigenvalue weighted by molar-refractivity contribution is 0.0196. The van der Waals surface area contributed by atoms with Crippen molar-refractivity contribution in [2.24, 2.45) is 0 Å². The quantitative estimate of drug-likeness (QED) is 0.847. The SMILES string of the molecule is CC1CC(NC2CCN(C(=O)OC(C)(C)C)CC2)CN1C. The Bertz CT molecular complexity index is 349. The van der Waals surface area contributed by atoms with Crippen molar-refractivity contribution < 1.29 is 9.53 Å². The molecule has 0 aromatic heterocycles. The molecule has 0 aromatic carbocycles. The van der Waals surface area contributed by atoms with Crippen LogP contribution in [0.15, 0.2) is 0 Å². The van der Waals surface area contributed by atoms with Gasteiger partial charge in [-0.2, -0.15) is 0 Å². The van der Waals surface area contributed by atoms with Crippen molar-refractivity contribution in [3.05, 3.63) is 0 Å². The lowest BCUT2D eigenvalue weighted by Crippen LogP contribution is -2.49. The van der Waals surface area contributed by atoms with E-state index in [2.05, 4.69) is 24.2 Å². The molecule has 122 valence electrons. The van der Waals surface area contributed by atoms with Crippen molar-refractivity contribution >= 4 is 6.09 Å². The molecule has 2 aliphatic heterocycles. The molecule has 5 nitrogen and oxygen atoms in total. The minimum Gasteiger partial charge on any atom is -0.444 e. The van der Waals surface area contributed by atoms with Gasteiger partial charge in [-0.1, -0.05) is 0 Å². The first kappa shape index (κ1) is 16.6. The first-order valence-corrected chi connectivity index (χ1v) is 8.19. The molecule has 2 fully saturated rings. The van der Waals surface area contributed by atoms with Crippen LogP contribution in [0.4, 0.5) is 4.79 Å². The summed E-state index contributed by atoms with van der Waals surface area (Å²) in [6.45, 7) is 10.8. The summed E-state index contributed by atoms with van der Waals surface area (Å²) in [6.07, 6.45) is 3.10. The Hall–Kier alpha value is -0.810. The minimum atomic E-state index is -0.406. The van der Waals surface area contributed by atoms with Gasteiger partial charge in [-0.15, -0.1) is 0 Å². The molecule has 5 heteroatoms. The number of nitrogens with zero attached hydrogens (tertiary/aromatic N) is 2.